The zero-order valence-electron chi connectivity index (χ0n) is 8.19. The summed E-state index contributed by atoms with van der Waals surface area (Å²) in [6.45, 7) is 2.22. The molecule has 0 saturated heterocycles. The first-order valence-electron chi connectivity index (χ1n) is 4.94. The molecule has 1 aliphatic rings. The first kappa shape index (κ1) is 9.19. The van der Waals surface area contributed by atoms with Crippen molar-refractivity contribution in [1.29, 1.82) is 0 Å². The van der Waals surface area contributed by atoms with Gasteiger partial charge in [0.15, 0.2) is 0 Å². The van der Waals surface area contributed by atoms with Crippen LogP contribution in [0.1, 0.15) is 41.7 Å². The van der Waals surface area contributed by atoms with Gasteiger partial charge in [-0.3, -0.25) is 4.98 Å². The van der Waals surface area contributed by atoms with E-state index in [0.29, 0.717) is 18.1 Å². The number of carbonyl (C=O) groups is 1. The fourth-order valence-corrected chi connectivity index (χ4v) is 1.39. The van der Waals surface area contributed by atoms with Gasteiger partial charge in [-0.15, -0.1) is 0 Å². The van der Waals surface area contributed by atoms with E-state index in [1.807, 2.05) is 6.07 Å². The van der Waals surface area contributed by atoms with Gasteiger partial charge in [-0.25, -0.2) is 4.79 Å². The first-order valence-corrected chi connectivity index (χ1v) is 4.94. The smallest absolute Gasteiger partial charge is 0.338 e. The van der Waals surface area contributed by atoms with Gasteiger partial charge < -0.3 is 4.74 Å². The third-order valence-corrected chi connectivity index (χ3v) is 2.29. The third-order valence-electron chi connectivity index (χ3n) is 2.29. The van der Waals surface area contributed by atoms with Crippen molar-refractivity contribution < 1.29 is 9.53 Å². The highest BCUT2D eigenvalue weighted by Crippen LogP contribution is 2.38. The maximum atomic E-state index is 11.4. The quantitative estimate of drug-likeness (QED) is 0.687. The minimum absolute atomic E-state index is 0.253. The molecule has 1 saturated carbocycles. The van der Waals surface area contributed by atoms with E-state index in [9.17, 15) is 4.79 Å². The lowest BCUT2D eigenvalue weighted by Gasteiger charge is -2.02. The molecule has 1 heterocycles. The third kappa shape index (κ3) is 1.92. The number of nitrogens with zero attached hydrogens (tertiary/aromatic N) is 1. The summed E-state index contributed by atoms with van der Waals surface area (Å²) in [5.74, 6) is 0.321. The van der Waals surface area contributed by atoms with Crippen molar-refractivity contribution in [2.45, 2.75) is 25.7 Å². The number of ether oxygens (including phenoxy) is 1. The molecule has 0 N–H and O–H groups in total. The van der Waals surface area contributed by atoms with Crippen molar-refractivity contribution in [2.75, 3.05) is 6.61 Å². The van der Waals surface area contributed by atoms with E-state index in [-0.39, 0.29) is 5.97 Å². The molecule has 74 valence electrons. The van der Waals surface area contributed by atoms with Gasteiger partial charge in [-0.2, -0.15) is 0 Å². The van der Waals surface area contributed by atoms with Gasteiger partial charge in [-0.05, 0) is 31.9 Å². The lowest BCUT2D eigenvalue weighted by atomic mass is 10.2. The molecular formula is C11H13NO2. The standard InChI is InChI=1S/C11H13NO2/c1-2-14-11(13)9-5-6-12-10(7-9)8-3-4-8/h5-8H,2-4H2,1H3. The Bertz CT molecular complexity index is 345. The van der Waals surface area contributed by atoms with Gasteiger partial charge in [0, 0.05) is 17.8 Å². The number of carbonyl (C=O) groups excluding carboxylic acids is 1. The highest BCUT2D eigenvalue weighted by molar-refractivity contribution is 5.89. The molecule has 1 aliphatic carbocycles. The Balaban J connectivity index is 2.16. The second kappa shape index (κ2) is 3.78. The number of pyridine rings is 1. The minimum atomic E-state index is -0.253. The lowest BCUT2D eigenvalue weighted by molar-refractivity contribution is 0.0526. The van der Waals surface area contributed by atoms with E-state index < -0.39 is 0 Å². The Hall–Kier alpha value is -1.38. The van der Waals surface area contributed by atoms with Crippen molar-refractivity contribution in [2.24, 2.45) is 0 Å². The average molecular weight is 191 g/mol. The van der Waals surface area contributed by atoms with E-state index >= 15 is 0 Å². The van der Waals surface area contributed by atoms with E-state index in [1.54, 1.807) is 19.2 Å². The van der Waals surface area contributed by atoms with Crippen molar-refractivity contribution >= 4 is 5.97 Å². The molecule has 3 nitrogen and oxygen atoms in total. The molecule has 1 fully saturated rings. The predicted molar refractivity (Wildman–Crippen MR) is 52.2 cm³/mol. The van der Waals surface area contributed by atoms with Crippen molar-refractivity contribution in [3.05, 3.63) is 29.6 Å². The normalized spacial score (nSPS) is 15.2. The van der Waals surface area contributed by atoms with Crippen LogP contribution in [0, 0.1) is 0 Å². The molecule has 0 radical (unpaired) electrons. The number of rotatable bonds is 3. The predicted octanol–water partition coefficient (Wildman–Crippen LogP) is 2.14. The van der Waals surface area contributed by atoms with E-state index in [1.165, 1.54) is 12.8 Å². The molecule has 0 unspecified atom stereocenters. The average Bonchev–Trinajstić information content (AvgIpc) is 3.02. The zero-order valence-corrected chi connectivity index (χ0v) is 8.19. The molecule has 0 bridgehead atoms. The van der Waals surface area contributed by atoms with Crippen molar-refractivity contribution in [3.63, 3.8) is 0 Å². The summed E-state index contributed by atoms with van der Waals surface area (Å²) >= 11 is 0. The number of aromatic nitrogens is 1. The first-order chi connectivity index (χ1) is 6.81. The fourth-order valence-electron chi connectivity index (χ4n) is 1.39. The summed E-state index contributed by atoms with van der Waals surface area (Å²) in [5.41, 5.74) is 1.64. The van der Waals surface area contributed by atoms with Gasteiger partial charge in [-0.1, -0.05) is 0 Å². The largest absolute Gasteiger partial charge is 0.462 e. The van der Waals surface area contributed by atoms with Crippen LogP contribution in [0.15, 0.2) is 18.3 Å². The van der Waals surface area contributed by atoms with Crippen LogP contribution in [0.5, 0.6) is 0 Å². The van der Waals surface area contributed by atoms with Gasteiger partial charge in [0.05, 0.1) is 12.2 Å². The van der Waals surface area contributed by atoms with Crippen LogP contribution in [0.3, 0.4) is 0 Å². The molecule has 2 rings (SSSR count). The minimum Gasteiger partial charge on any atom is -0.462 e. The van der Waals surface area contributed by atoms with Crippen LogP contribution in [-0.2, 0) is 4.74 Å². The summed E-state index contributed by atoms with van der Waals surface area (Å²) < 4.78 is 4.92. The van der Waals surface area contributed by atoms with Crippen LogP contribution >= 0.6 is 0 Å². The Kier molecular flexibility index (Phi) is 2.48. The fraction of sp³-hybridized carbons (Fsp3) is 0.455. The number of esters is 1. The second-order valence-corrected chi connectivity index (χ2v) is 3.46. The lowest BCUT2D eigenvalue weighted by Crippen LogP contribution is -2.05. The number of hydrogen-bond acceptors (Lipinski definition) is 3. The maximum absolute atomic E-state index is 11.4. The second-order valence-electron chi connectivity index (χ2n) is 3.46. The number of hydrogen-bond donors (Lipinski definition) is 0. The summed E-state index contributed by atoms with van der Waals surface area (Å²) in [4.78, 5) is 15.6. The van der Waals surface area contributed by atoms with E-state index in [4.69, 9.17) is 4.74 Å². The van der Waals surface area contributed by atoms with Crippen LogP contribution in [0.2, 0.25) is 0 Å². The van der Waals surface area contributed by atoms with Crippen LogP contribution in [0.4, 0.5) is 0 Å². The summed E-state index contributed by atoms with van der Waals surface area (Å²) in [5, 5.41) is 0. The maximum Gasteiger partial charge on any atom is 0.338 e. The highest BCUT2D eigenvalue weighted by atomic mass is 16.5. The van der Waals surface area contributed by atoms with Crippen LogP contribution in [-0.4, -0.2) is 17.6 Å². The topological polar surface area (TPSA) is 39.2 Å². The summed E-state index contributed by atoms with van der Waals surface area (Å²) in [6, 6.07) is 3.54. The van der Waals surface area contributed by atoms with E-state index in [0.717, 1.165) is 5.69 Å². The molecule has 14 heavy (non-hydrogen) atoms. The Labute approximate surface area is 83.1 Å². The molecule has 1 aromatic heterocycles. The monoisotopic (exact) mass is 191 g/mol. The Morgan fingerprint density at radius 1 is 1.64 bits per heavy atom. The molecule has 0 spiro atoms. The van der Waals surface area contributed by atoms with Crippen LogP contribution < -0.4 is 0 Å². The summed E-state index contributed by atoms with van der Waals surface area (Å²) in [7, 11) is 0. The molecule has 1 aromatic rings. The van der Waals surface area contributed by atoms with E-state index in [2.05, 4.69) is 4.98 Å². The molecule has 0 atom stereocenters. The zero-order chi connectivity index (χ0) is 9.97. The molecular weight excluding hydrogens is 178 g/mol. The molecule has 0 amide bonds. The van der Waals surface area contributed by atoms with Gasteiger partial charge in [0.2, 0.25) is 0 Å². The molecule has 0 aromatic carbocycles. The van der Waals surface area contributed by atoms with Crippen molar-refractivity contribution in [3.8, 4) is 0 Å². The van der Waals surface area contributed by atoms with Gasteiger partial charge >= 0.3 is 5.97 Å². The Morgan fingerprint density at radius 2 is 2.43 bits per heavy atom. The van der Waals surface area contributed by atoms with Crippen LogP contribution in [0.25, 0.3) is 0 Å². The van der Waals surface area contributed by atoms with Gasteiger partial charge in [0.25, 0.3) is 0 Å². The Morgan fingerprint density at radius 3 is 3.07 bits per heavy atom. The van der Waals surface area contributed by atoms with Crippen molar-refractivity contribution in [1.82, 2.24) is 4.98 Å². The molecule has 3 heteroatoms. The summed E-state index contributed by atoms with van der Waals surface area (Å²) in [6.07, 6.45) is 4.07. The molecule has 0 aliphatic heterocycles. The SMILES string of the molecule is CCOC(=O)c1ccnc(C2CC2)c1. The highest BCUT2D eigenvalue weighted by Gasteiger charge is 2.25. The van der Waals surface area contributed by atoms with Gasteiger partial charge in [0.1, 0.15) is 0 Å².